The SMILES string of the molecule is C=CCN1C(=O)COc2ccc(C(=O)Cn3c(=O)oc4cccnc43)cc21. The fourth-order valence-corrected chi connectivity index (χ4v) is 2.98. The second-order valence-corrected chi connectivity index (χ2v) is 5.97. The molecule has 0 saturated carbocycles. The Labute approximate surface area is 153 Å². The number of aromatic nitrogens is 2. The minimum Gasteiger partial charge on any atom is -0.482 e. The van der Waals surface area contributed by atoms with Gasteiger partial charge in [0.2, 0.25) is 0 Å². The van der Waals surface area contributed by atoms with E-state index in [0.29, 0.717) is 34.8 Å². The molecule has 4 rings (SSSR count). The highest BCUT2D eigenvalue weighted by atomic mass is 16.5. The average Bonchev–Trinajstić information content (AvgIpc) is 2.99. The molecule has 0 atom stereocenters. The lowest BCUT2D eigenvalue weighted by Crippen LogP contribution is -2.39. The standard InChI is InChI=1S/C19H15N3O5/c1-2-8-21-13-9-12(5-6-15(13)26-11-17(21)24)14(23)10-22-18-16(27-19(22)25)4-3-7-20-18/h2-7,9H,1,8,10-11H2. The summed E-state index contributed by atoms with van der Waals surface area (Å²) >= 11 is 0. The number of ketones is 1. The van der Waals surface area contributed by atoms with Crippen LogP contribution in [0, 0.1) is 0 Å². The van der Waals surface area contributed by atoms with E-state index in [-0.39, 0.29) is 24.8 Å². The highest BCUT2D eigenvalue weighted by molar-refractivity contribution is 6.02. The Morgan fingerprint density at radius 2 is 2.15 bits per heavy atom. The molecule has 0 fully saturated rings. The zero-order chi connectivity index (χ0) is 19.0. The third kappa shape index (κ3) is 2.91. The van der Waals surface area contributed by atoms with Gasteiger partial charge in [-0.3, -0.25) is 14.2 Å². The van der Waals surface area contributed by atoms with Crippen molar-refractivity contribution in [3.63, 3.8) is 0 Å². The predicted octanol–water partition coefficient (Wildman–Crippen LogP) is 1.78. The van der Waals surface area contributed by atoms with Crippen molar-refractivity contribution in [1.29, 1.82) is 0 Å². The van der Waals surface area contributed by atoms with Crippen molar-refractivity contribution >= 4 is 28.6 Å². The zero-order valence-electron chi connectivity index (χ0n) is 14.3. The van der Waals surface area contributed by atoms with Crippen LogP contribution in [0.15, 0.2) is 58.4 Å². The zero-order valence-corrected chi connectivity index (χ0v) is 14.3. The van der Waals surface area contributed by atoms with Crippen LogP contribution in [0.25, 0.3) is 11.2 Å². The minimum absolute atomic E-state index is 0.0593. The third-order valence-electron chi connectivity index (χ3n) is 4.26. The van der Waals surface area contributed by atoms with Gasteiger partial charge in [0, 0.05) is 18.3 Å². The number of anilines is 1. The molecule has 8 heteroatoms. The molecule has 2 aromatic heterocycles. The maximum absolute atomic E-state index is 12.7. The molecule has 0 unspecified atom stereocenters. The number of Topliss-reactive ketones (excluding diaryl/α,β-unsaturated/α-hetero) is 1. The molecule has 1 amide bonds. The number of hydrogen-bond donors (Lipinski definition) is 0. The smallest absolute Gasteiger partial charge is 0.421 e. The van der Waals surface area contributed by atoms with Gasteiger partial charge in [-0.25, -0.2) is 9.78 Å². The molecule has 27 heavy (non-hydrogen) atoms. The number of oxazole rings is 1. The molecule has 0 N–H and O–H groups in total. The molecule has 136 valence electrons. The highest BCUT2D eigenvalue weighted by Gasteiger charge is 2.26. The van der Waals surface area contributed by atoms with Gasteiger partial charge in [-0.2, -0.15) is 0 Å². The second-order valence-electron chi connectivity index (χ2n) is 5.97. The van der Waals surface area contributed by atoms with Crippen LogP contribution < -0.4 is 15.4 Å². The van der Waals surface area contributed by atoms with Gasteiger partial charge in [0.1, 0.15) is 5.75 Å². The van der Waals surface area contributed by atoms with Crippen LogP contribution in [-0.4, -0.2) is 34.4 Å². The summed E-state index contributed by atoms with van der Waals surface area (Å²) in [5, 5.41) is 0. The fourth-order valence-electron chi connectivity index (χ4n) is 2.98. The van der Waals surface area contributed by atoms with E-state index in [2.05, 4.69) is 11.6 Å². The molecular formula is C19H15N3O5. The summed E-state index contributed by atoms with van der Waals surface area (Å²) in [5.74, 6) is -0.666. The molecule has 0 bridgehead atoms. The maximum Gasteiger partial charge on any atom is 0.421 e. The van der Waals surface area contributed by atoms with Gasteiger partial charge >= 0.3 is 5.76 Å². The van der Waals surface area contributed by atoms with E-state index < -0.39 is 5.76 Å². The van der Waals surface area contributed by atoms with E-state index in [1.165, 1.54) is 15.7 Å². The number of amides is 1. The number of nitrogens with zero attached hydrogens (tertiary/aromatic N) is 3. The summed E-state index contributed by atoms with van der Waals surface area (Å²) < 4.78 is 11.7. The Bertz CT molecular complexity index is 1130. The molecule has 8 nitrogen and oxygen atoms in total. The van der Waals surface area contributed by atoms with Crippen LogP contribution in [-0.2, 0) is 11.3 Å². The number of pyridine rings is 1. The molecule has 0 spiro atoms. The number of hydrogen-bond acceptors (Lipinski definition) is 6. The lowest BCUT2D eigenvalue weighted by Gasteiger charge is -2.28. The summed E-state index contributed by atoms with van der Waals surface area (Å²) in [6, 6.07) is 8.08. The number of benzene rings is 1. The van der Waals surface area contributed by atoms with Crippen LogP contribution in [0.2, 0.25) is 0 Å². The van der Waals surface area contributed by atoms with Crippen LogP contribution >= 0.6 is 0 Å². The first-order valence-electron chi connectivity index (χ1n) is 8.24. The fraction of sp³-hybridized carbons (Fsp3) is 0.158. The van der Waals surface area contributed by atoms with Gasteiger partial charge in [-0.15, -0.1) is 6.58 Å². The Balaban J connectivity index is 1.68. The number of ether oxygens (including phenoxy) is 1. The lowest BCUT2D eigenvalue weighted by atomic mass is 10.1. The molecule has 0 aliphatic carbocycles. The number of carbonyl (C=O) groups excluding carboxylic acids is 2. The third-order valence-corrected chi connectivity index (χ3v) is 4.26. The van der Waals surface area contributed by atoms with Gasteiger partial charge < -0.3 is 14.1 Å². The van der Waals surface area contributed by atoms with Crippen molar-refractivity contribution in [1.82, 2.24) is 9.55 Å². The molecule has 3 heterocycles. The van der Waals surface area contributed by atoms with Crippen molar-refractivity contribution in [3.05, 3.63) is 65.3 Å². The van der Waals surface area contributed by atoms with E-state index >= 15 is 0 Å². The molecule has 1 aliphatic heterocycles. The molecular weight excluding hydrogens is 350 g/mol. The maximum atomic E-state index is 12.7. The first-order chi connectivity index (χ1) is 13.1. The van der Waals surface area contributed by atoms with Crippen molar-refractivity contribution in [2.24, 2.45) is 0 Å². The summed E-state index contributed by atoms with van der Waals surface area (Å²) in [6.07, 6.45) is 3.12. The van der Waals surface area contributed by atoms with Gasteiger partial charge in [-0.05, 0) is 30.3 Å². The summed E-state index contributed by atoms with van der Waals surface area (Å²) in [5.41, 5.74) is 1.47. The van der Waals surface area contributed by atoms with Crippen molar-refractivity contribution in [2.75, 3.05) is 18.1 Å². The van der Waals surface area contributed by atoms with Crippen LogP contribution in [0.3, 0.4) is 0 Å². The van der Waals surface area contributed by atoms with E-state index in [1.807, 2.05) is 0 Å². The molecule has 1 aliphatic rings. The molecule has 3 aromatic rings. The summed E-state index contributed by atoms with van der Waals surface area (Å²) in [4.78, 5) is 42.5. The Morgan fingerprint density at radius 1 is 1.30 bits per heavy atom. The van der Waals surface area contributed by atoms with Crippen molar-refractivity contribution < 1.29 is 18.7 Å². The largest absolute Gasteiger partial charge is 0.482 e. The first-order valence-corrected chi connectivity index (χ1v) is 8.24. The summed E-state index contributed by atoms with van der Waals surface area (Å²) in [7, 11) is 0. The minimum atomic E-state index is -0.651. The second kappa shape index (κ2) is 6.56. The van der Waals surface area contributed by atoms with Crippen LogP contribution in [0.5, 0.6) is 5.75 Å². The van der Waals surface area contributed by atoms with Gasteiger partial charge in [0.05, 0.1) is 12.2 Å². The topological polar surface area (TPSA) is 94.6 Å². The quantitative estimate of drug-likeness (QED) is 0.505. The lowest BCUT2D eigenvalue weighted by molar-refractivity contribution is -0.121. The Kier molecular flexibility index (Phi) is 4.08. The predicted molar refractivity (Wildman–Crippen MR) is 97.1 cm³/mol. The first kappa shape index (κ1) is 16.8. The van der Waals surface area contributed by atoms with E-state index in [1.54, 1.807) is 36.4 Å². The average molecular weight is 365 g/mol. The van der Waals surface area contributed by atoms with Gasteiger partial charge in [-0.1, -0.05) is 6.08 Å². The number of carbonyl (C=O) groups is 2. The summed E-state index contributed by atoms with van der Waals surface area (Å²) in [6.45, 7) is 3.68. The monoisotopic (exact) mass is 365 g/mol. The molecule has 0 saturated heterocycles. The highest BCUT2D eigenvalue weighted by Crippen LogP contribution is 2.33. The molecule has 1 aromatic carbocycles. The van der Waals surface area contributed by atoms with Crippen molar-refractivity contribution in [3.8, 4) is 5.75 Å². The number of fused-ring (bicyclic) bond motifs is 2. The van der Waals surface area contributed by atoms with Gasteiger partial charge in [0.15, 0.2) is 23.6 Å². The Hall–Kier alpha value is -3.68. The Morgan fingerprint density at radius 3 is 2.96 bits per heavy atom. The normalized spacial score (nSPS) is 13.3. The van der Waals surface area contributed by atoms with E-state index in [0.717, 1.165) is 0 Å². The van der Waals surface area contributed by atoms with Gasteiger partial charge in [0.25, 0.3) is 5.91 Å². The molecule has 0 radical (unpaired) electrons. The van der Waals surface area contributed by atoms with E-state index in [9.17, 15) is 14.4 Å². The van der Waals surface area contributed by atoms with E-state index in [4.69, 9.17) is 9.15 Å². The van der Waals surface area contributed by atoms with Crippen molar-refractivity contribution in [2.45, 2.75) is 6.54 Å². The number of rotatable bonds is 5. The van der Waals surface area contributed by atoms with Crippen LogP contribution in [0.1, 0.15) is 10.4 Å². The van der Waals surface area contributed by atoms with Crippen LogP contribution in [0.4, 0.5) is 5.69 Å².